The van der Waals surface area contributed by atoms with Crippen molar-refractivity contribution < 1.29 is 5.11 Å². The van der Waals surface area contributed by atoms with Gasteiger partial charge in [-0.1, -0.05) is 29.8 Å². The third-order valence-corrected chi connectivity index (χ3v) is 4.04. The fourth-order valence-electron chi connectivity index (χ4n) is 2.52. The molecule has 0 spiro atoms. The van der Waals surface area contributed by atoms with Crippen molar-refractivity contribution in [2.24, 2.45) is 0 Å². The minimum atomic E-state index is -0.0834. The predicted octanol–water partition coefficient (Wildman–Crippen LogP) is 3.08. The van der Waals surface area contributed by atoms with Gasteiger partial charge < -0.3 is 5.11 Å². The molecule has 17 heavy (non-hydrogen) atoms. The molecule has 1 aliphatic carbocycles. The Bertz CT molecular complexity index is 361. The van der Waals surface area contributed by atoms with Gasteiger partial charge in [-0.25, -0.2) is 0 Å². The zero-order chi connectivity index (χ0) is 12.3. The lowest BCUT2D eigenvalue weighted by Crippen LogP contribution is -2.35. The van der Waals surface area contributed by atoms with Crippen molar-refractivity contribution in [2.45, 2.75) is 44.4 Å². The summed E-state index contributed by atoms with van der Waals surface area (Å²) in [5, 5.41) is 10.3. The third kappa shape index (κ3) is 3.44. The van der Waals surface area contributed by atoms with Crippen molar-refractivity contribution in [3.8, 4) is 0 Å². The average Bonchev–Trinajstić information content (AvgIpc) is 2.33. The van der Waals surface area contributed by atoms with Crippen LogP contribution in [-0.2, 0) is 6.54 Å². The Kier molecular flexibility index (Phi) is 4.43. The topological polar surface area (TPSA) is 23.5 Å². The van der Waals surface area contributed by atoms with E-state index in [1.807, 2.05) is 18.2 Å². The summed E-state index contributed by atoms with van der Waals surface area (Å²) in [6.45, 7) is 0.889. The van der Waals surface area contributed by atoms with Gasteiger partial charge in [-0.05, 0) is 44.4 Å². The van der Waals surface area contributed by atoms with Gasteiger partial charge in [0.1, 0.15) is 0 Å². The molecule has 2 nitrogen and oxygen atoms in total. The van der Waals surface area contributed by atoms with Crippen LogP contribution in [0.25, 0.3) is 0 Å². The van der Waals surface area contributed by atoms with Crippen molar-refractivity contribution in [2.75, 3.05) is 7.05 Å². The van der Waals surface area contributed by atoms with Gasteiger partial charge in [0.15, 0.2) is 0 Å². The van der Waals surface area contributed by atoms with Gasteiger partial charge in [-0.2, -0.15) is 0 Å². The summed E-state index contributed by atoms with van der Waals surface area (Å²) in [5.41, 5.74) is 1.18. The molecule has 0 unspecified atom stereocenters. The molecule has 0 saturated heterocycles. The van der Waals surface area contributed by atoms with E-state index in [4.69, 9.17) is 11.6 Å². The van der Waals surface area contributed by atoms with Crippen LogP contribution in [0, 0.1) is 0 Å². The van der Waals surface area contributed by atoms with Crippen LogP contribution in [0.2, 0.25) is 5.02 Å². The van der Waals surface area contributed by atoms with E-state index in [2.05, 4.69) is 18.0 Å². The van der Waals surface area contributed by atoms with Crippen LogP contribution in [0.1, 0.15) is 31.2 Å². The predicted molar refractivity (Wildman–Crippen MR) is 71.2 cm³/mol. The van der Waals surface area contributed by atoms with Gasteiger partial charge in [0.2, 0.25) is 0 Å². The molecule has 0 bridgehead atoms. The SMILES string of the molecule is CN(Cc1ccccc1Cl)C1CCC(O)CC1. The maximum atomic E-state index is 9.50. The highest BCUT2D eigenvalue weighted by Crippen LogP contribution is 2.25. The van der Waals surface area contributed by atoms with Crippen LogP contribution in [-0.4, -0.2) is 29.2 Å². The van der Waals surface area contributed by atoms with E-state index in [1.165, 1.54) is 5.56 Å². The number of hydrogen-bond acceptors (Lipinski definition) is 2. The summed E-state index contributed by atoms with van der Waals surface area (Å²) in [7, 11) is 2.14. The van der Waals surface area contributed by atoms with E-state index in [9.17, 15) is 5.11 Å². The average molecular weight is 254 g/mol. The molecule has 1 fully saturated rings. The molecule has 1 aromatic rings. The quantitative estimate of drug-likeness (QED) is 0.895. The summed E-state index contributed by atoms with van der Waals surface area (Å²) < 4.78 is 0. The lowest BCUT2D eigenvalue weighted by atomic mass is 9.92. The Labute approximate surface area is 108 Å². The van der Waals surface area contributed by atoms with Crippen molar-refractivity contribution in [1.29, 1.82) is 0 Å². The van der Waals surface area contributed by atoms with Gasteiger partial charge in [0.25, 0.3) is 0 Å². The minimum Gasteiger partial charge on any atom is -0.393 e. The van der Waals surface area contributed by atoms with E-state index >= 15 is 0 Å². The number of halogens is 1. The van der Waals surface area contributed by atoms with E-state index in [0.717, 1.165) is 37.3 Å². The highest BCUT2D eigenvalue weighted by atomic mass is 35.5. The number of rotatable bonds is 3. The monoisotopic (exact) mass is 253 g/mol. The number of nitrogens with zero attached hydrogens (tertiary/aromatic N) is 1. The first-order chi connectivity index (χ1) is 8.16. The molecule has 0 amide bonds. The van der Waals surface area contributed by atoms with E-state index < -0.39 is 0 Å². The highest BCUT2D eigenvalue weighted by molar-refractivity contribution is 6.31. The molecule has 94 valence electrons. The molecule has 0 heterocycles. The maximum absolute atomic E-state index is 9.50. The Morgan fingerprint density at radius 3 is 2.53 bits per heavy atom. The number of aliphatic hydroxyl groups is 1. The molecule has 3 heteroatoms. The largest absolute Gasteiger partial charge is 0.393 e. The second kappa shape index (κ2) is 5.85. The van der Waals surface area contributed by atoms with E-state index in [-0.39, 0.29) is 6.10 Å². The summed E-state index contributed by atoms with van der Waals surface area (Å²) >= 11 is 6.16. The molecule has 0 aromatic heterocycles. The van der Waals surface area contributed by atoms with Crippen LogP contribution in [0.4, 0.5) is 0 Å². The Morgan fingerprint density at radius 1 is 1.24 bits per heavy atom. The van der Waals surface area contributed by atoms with Crippen molar-refractivity contribution in [3.05, 3.63) is 34.9 Å². The summed E-state index contributed by atoms with van der Waals surface area (Å²) in [6.07, 6.45) is 3.94. The van der Waals surface area contributed by atoms with Crippen molar-refractivity contribution in [3.63, 3.8) is 0 Å². The fraction of sp³-hybridized carbons (Fsp3) is 0.571. The van der Waals surface area contributed by atoms with Crippen LogP contribution < -0.4 is 0 Å². The smallest absolute Gasteiger partial charge is 0.0541 e. The van der Waals surface area contributed by atoms with Gasteiger partial charge in [-0.3, -0.25) is 4.90 Å². The lowest BCUT2D eigenvalue weighted by molar-refractivity contribution is 0.0818. The van der Waals surface area contributed by atoms with Crippen LogP contribution >= 0.6 is 11.6 Å². The second-order valence-corrected chi connectivity index (χ2v) is 5.38. The normalized spacial score (nSPS) is 25.2. The Balaban J connectivity index is 1.93. The van der Waals surface area contributed by atoms with Crippen LogP contribution in [0.5, 0.6) is 0 Å². The molecule has 1 saturated carbocycles. The molecule has 1 aromatic carbocycles. The van der Waals surface area contributed by atoms with Crippen LogP contribution in [0.3, 0.4) is 0 Å². The fourth-order valence-corrected chi connectivity index (χ4v) is 2.72. The van der Waals surface area contributed by atoms with Gasteiger partial charge in [0.05, 0.1) is 6.10 Å². The highest BCUT2D eigenvalue weighted by Gasteiger charge is 2.22. The number of benzene rings is 1. The first-order valence-corrected chi connectivity index (χ1v) is 6.66. The second-order valence-electron chi connectivity index (χ2n) is 4.97. The summed E-state index contributed by atoms with van der Waals surface area (Å²) in [4.78, 5) is 2.35. The summed E-state index contributed by atoms with van der Waals surface area (Å²) in [5.74, 6) is 0. The van der Waals surface area contributed by atoms with E-state index in [0.29, 0.717) is 6.04 Å². The first kappa shape index (κ1) is 12.9. The van der Waals surface area contributed by atoms with Gasteiger partial charge in [-0.15, -0.1) is 0 Å². The maximum Gasteiger partial charge on any atom is 0.0541 e. The van der Waals surface area contributed by atoms with Crippen molar-refractivity contribution in [1.82, 2.24) is 4.90 Å². The molecule has 0 atom stereocenters. The van der Waals surface area contributed by atoms with Gasteiger partial charge >= 0.3 is 0 Å². The number of aliphatic hydroxyl groups excluding tert-OH is 1. The lowest BCUT2D eigenvalue weighted by Gasteiger charge is -2.33. The zero-order valence-corrected chi connectivity index (χ0v) is 11.0. The van der Waals surface area contributed by atoms with Crippen molar-refractivity contribution >= 4 is 11.6 Å². The third-order valence-electron chi connectivity index (χ3n) is 3.67. The molecule has 0 aliphatic heterocycles. The Hall–Kier alpha value is -0.570. The molecule has 1 N–H and O–H groups in total. The molecule has 2 rings (SSSR count). The first-order valence-electron chi connectivity index (χ1n) is 6.28. The molecule has 1 aliphatic rings. The van der Waals surface area contributed by atoms with E-state index in [1.54, 1.807) is 0 Å². The minimum absolute atomic E-state index is 0.0834. The zero-order valence-electron chi connectivity index (χ0n) is 10.3. The van der Waals surface area contributed by atoms with Gasteiger partial charge in [0, 0.05) is 17.6 Å². The molecular weight excluding hydrogens is 234 g/mol. The summed E-state index contributed by atoms with van der Waals surface area (Å²) in [6, 6.07) is 8.59. The standard InChI is InChI=1S/C14H20ClNO/c1-16(12-6-8-13(17)9-7-12)10-11-4-2-3-5-14(11)15/h2-5,12-13,17H,6-10H2,1H3. The molecular formula is C14H20ClNO. The van der Waals surface area contributed by atoms with Crippen LogP contribution in [0.15, 0.2) is 24.3 Å². The molecule has 0 radical (unpaired) electrons. The number of hydrogen-bond donors (Lipinski definition) is 1. The Morgan fingerprint density at radius 2 is 1.88 bits per heavy atom.